The first-order chi connectivity index (χ1) is 7.14. The van der Waals surface area contributed by atoms with Gasteiger partial charge in [0.15, 0.2) is 0 Å². The molecule has 0 aliphatic rings. The predicted molar refractivity (Wildman–Crippen MR) is 68.6 cm³/mol. The van der Waals surface area contributed by atoms with Crippen molar-refractivity contribution >= 4 is 18.3 Å². The molecule has 4 N–H and O–H groups in total. The Morgan fingerprint density at radius 1 is 1.38 bits per heavy atom. The highest BCUT2D eigenvalue weighted by atomic mass is 35.5. The molecule has 0 saturated carbocycles. The molecule has 0 aromatic heterocycles. The van der Waals surface area contributed by atoms with Crippen LogP contribution in [0.5, 0.6) is 0 Å². The van der Waals surface area contributed by atoms with Gasteiger partial charge in [-0.25, -0.2) is 0 Å². The summed E-state index contributed by atoms with van der Waals surface area (Å²) < 4.78 is 0. The first kappa shape index (κ1) is 18.1. The Balaban J connectivity index is 0. The lowest BCUT2D eigenvalue weighted by Gasteiger charge is -2.31. The average molecular weight is 253 g/mol. The Labute approximate surface area is 104 Å². The highest BCUT2D eigenvalue weighted by Crippen LogP contribution is 2.29. The minimum absolute atomic E-state index is 0. The first-order valence-corrected chi connectivity index (χ1v) is 5.71. The van der Waals surface area contributed by atoms with Crippen molar-refractivity contribution < 1.29 is 9.90 Å². The second-order valence-corrected chi connectivity index (χ2v) is 4.00. The van der Waals surface area contributed by atoms with E-state index in [1.165, 1.54) is 0 Å². The van der Waals surface area contributed by atoms with Crippen LogP contribution in [0, 0.1) is 5.41 Å². The van der Waals surface area contributed by atoms with Crippen molar-refractivity contribution in [2.75, 3.05) is 19.7 Å². The molecule has 0 bridgehead atoms. The molecule has 0 aromatic rings. The van der Waals surface area contributed by atoms with Crippen LogP contribution in [-0.2, 0) is 4.79 Å². The largest absolute Gasteiger partial charge is 0.396 e. The number of aliphatic hydroxyl groups excluding tert-OH is 1. The zero-order valence-corrected chi connectivity index (χ0v) is 11.1. The molecule has 0 rings (SSSR count). The van der Waals surface area contributed by atoms with E-state index in [0.717, 1.165) is 19.3 Å². The SMILES string of the molecule is CCC(CC)(CCO)CNC(=O)CCN.Cl. The zero-order valence-electron chi connectivity index (χ0n) is 10.3. The molecule has 4 nitrogen and oxygen atoms in total. The summed E-state index contributed by atoms with van der Waals surface area (Å²) in [6.45, 7) is 5.38. The van der Waals surface area contributed by atoms with Gasteiger partial charge in [0.25, 0.3) is 0 Å². The third kappa shape index (κ3) is 6.30. The van der Waals surface area contributed by atoms with Crippen molar-refractivity contribution in [2.24, 2.45) is 11.1 Å². The molecule has 0 heterocycles. The molecular formula is C11H25ClN2O2. The van der Waals surface area contributed by atoms with Gasteiger partial charge < -0.3 is 16.2 Å². The Morgan fingerprint density at radius 3 is 2.31 bits per heavy atom. The summed E-state index contributed by atoms with van der Waals surface area (Å²) in [6, 6.07) is 0. The van der Waals surface area contributed by atoms with Crippen LogP contribution in [0.3, 0.4) is 0 Å². The summed E-state index contributed by atoms with van der Waals surface area (Å²) in [5.74, 6) is 0.00159. The molecule has 0 spiro atoms. The van der Waals surface area contributed by atoms with Gasteiger partial charge in [-0.15, -0.1) is 12.4 Å². The summed E-state index contributed by atoms with van der Waals surface area (Å²) >= 11 is 0. The second-order valence-electron chi connectivity index (χ2n) is 4.00. The molecule has 0 aliphatic carbocycles. The number of nitrogens with one attached hydrogen (secondary N) is 1. The normalized spacial score (nSPS) is 10.8. The van der Waals surface area contributed by atoms with Gasteiger partial charge in [0, 0.05) is 26.1 Å². The molecule has 0 aromatic carbocycles. The lowest BCUT2D eigenvalue weighted by molar-refractivity contribution is -0.121. The molecule has 98 valence electrons. The van der Waals surface area contributed by atoms with Crippen molar-refractivity contribution in [3.63, 3.8) is 0 Å². The van der Waals surface area contributed by atoms with Crippen molar-refractivity contribution in [3.8, 4) is 0 Å². The number of rotatable bonds is 8. The molecule has 0 atom stereocenters. The van der Waals surface area contributed by atoms with E-state index in [0.29, 0.717) is 19.5 Å². The van der Waals surface area contributed by atoms with E-state index in [2.05, 4.69) is 19.2 Å². The van der Waals surface area contributed by atoms with Crippen molar-refractivity contribution in [2.45, 2.75) is 39.5 Å². The van der Waals surface area contributed by atoms with Gasteiger partial charge in [-0.2, -0.15) is 0 Å². The lowest BCUT2D eigenvalue weighted by Crippen LogP contribution is -2.38. The summed E-state index contributed by atoms with van der Waals surface area (Å²) in [6.07, 6.45) is 3.05. The summed E-state index contributed by atoms with van der Waals surface area (Å²) in [7, 11) is 0. The van der Waals surface area contributed by atoms with Crippen LogP contribution < -0.4 is 11.1 Å². The van der Waals surface area contributed by atoms with Gasteiger partial charge in [-0.1, -0.05) is 13.8 Å². The fraction of sp³-hybridized carbons (Fsp3) is 0.909. The second kappa shape index (κ2) is 9.87. The maximum Gasteiger partial charge on any atom is 0.221 e. The minimum Gasteiger partial charge on any atom is -0.396 e. The summed E-state index contributed by atoms with van der Waals surface area (Å²) in [5, 5.41) is 11.9. The predicted octanol–water partition coefficient (Wildman–Crippen LogP) is 1.06. The van der Waals surface area contributed by atoms with E-state index in [1.807, 2.05) is 0 Å². The Hall–Kier alpha value is -0.320. The van der Waals surface area contributed by atoms with E-state index < -0.39 is 0 Å². The average Bonchev–Trinajstić information content (AvgIpc) is 2.25. The molecule has 16 heavy (non-hydrogen) atoms. The highest BCUT2D eigenvalue weighted by Gasteiger charge is 2.25. The fourth-order valence-corrected chi connectivity index (χ4v) is 1.68. The van der Waals surface area contributed by atoms with Gasteiger partial charge in [-0.3, -0.25) is 4.79 Å². The van der Waals surface area contributed by atoms with Crippen LogP contribution in [0.4, 0.5) is 0 Å². The number of halogens is 1. The number of amides is 1. The van der Waals surface area contributed by atoms with Gasteiger partial charge in [0.1, 0.15) is 0 Å². The number of aliphatic hydroxyl groups is 1. The van der Waals surface area contributed by atoms with E-state index in [4.69, 9.17) is 10.8 Å². The summed E-state index contributed by atoms with van der Waals surface area (Å²) in [4.78, 5) is 11.3. The number of carbonyl (C=O) groups is 1. The lowest BCUT2D eigenvalue weighted by atomic mass is 9.79. The van der Waals surface area contributed by atoms with Gasteiger partial charge in [0.05, 0.1) is 0 Å². The monoisotopic (exact) mass is 252 g/mol. The van der Waals surface area contributed by atoms with Crippen molar-refractivity contribution in [1.29, 1.82) is 0 Å². The smallest absolute Gasteiger partial charge is 0.221 e. The topological polar surface area (TPSA) is 75.3 Å². The number of hydrogen-bond acceptors (Lipinski definition) is 3. The maximum atomic E-state index is 11.3. The third-order valence-corrected chi connectivity index (χ3v) is 3.17. The Bertz CT molecular complexity index is 185. The molecule has 0 unspecified atom stereocenters. The molecular weight excluding hydrogens is 228 g/mol. The highest BCUT2D eigenvalue weighted by molar-refractivity contribution is 5.85. The number of nitrogens with two attached hydrogens (primary N) is 1. The number of carbonyl (C=O) groups excluding carboxylic acids is 1. The van der Waals surface area contributed by atoms with Crippen LogP contribution in [0.25, 0.3) is 0 Å². The molecule has 0 saturated heterocycles. The van der Waals surface area contributed by atoms with Gasteiger partial charge in [0.2, 0.25) is 5.91 Å². The van der Waals surface area contributed by atoms with Crippen LogP contribution >= 0.6 is 12.4 Å². The minimum atomic E-state index is 0. The van der Waals surface area contributed by atoms with Crippen LogP contribution in [0.2, 0.25) is 0 Å². The van der Waals surface area contributed by atoms with E-state index in [9.17, 15) is 4.79 Å². The van der Waals surface area contributed by atoms with Gasteiger partial charge in [-0.05, 0) is 24.7 Å². The van der Waals surface area contributed by atoms with E-state index >= 15 is 0 Å². The van der Waals surface area contributed by atoms with E-state index in [-0.39, 0.29) is 30.3 Å². The maximum absolute atomic E-state index is 11.3. The Kier molecular flexibility index (Phi) is 11.1. The van der Waals surface area contributed by atoms with Gasteiger partial charge >= 0.3 is 0 Å². The fourth-order valence-electron chi connectivity index (χ4n) is 1.68. The van der Waals surface area contributed by atoms with E-state index in [1.54, 1.807) is 0 Å². The van der Waals surface area contributed by atoms with Crippen molar-refractivity contribution in [1.82, 2.24) is 5.32 Å². The number of hydrogen-bond donors (Lipinski definition) is 3. The molecule has 0 fully saturated rings. The van der Waals surface area contributed by atoms with Crippen molar-refractivity contribution in [3.05, 3.63) is 0 Å². The first-order valence-electron chi connectivity index (χ1n) is 5.71. The third-order valence-electron chi connectivity index (χ3n) is 3.17. The quantitative estimate of drug-likeness (QED) is 0.605. The van der Waals surface area contributed by atoms with Crippen LogP contribution in [0.1, 0.15) is 39.5 Å². The summed E-state index contributed by atoms with van der Waals surface area (Å²) in [5.41, 5.74) is 5.33. The molecule has 0 radical (unpaired) electrons. The van der Waals surface area contributed by atoms with Crippen LogP contribution in [0.15, 0.2) is 0 Å². The standard InChI is InChI=1S/C11H24N2O2.ClH/c1-3-11(4-2,6-8-14)9-13-10(15)5-7-12;/h14H,3-9,12H2,1-2H3,(H,13,15);1H. The molecule has 0 aliphatic heterocycles. The van der Waals surface area contributed by atoms with Crippen LogP contribution in [-0.4, -0.2) is 30.7 Å². The molecule has 1 amide bonds. The Morgan fingerprint density at radius 2 is 1.94 bits per heavy atom. The zero-order chi connectivity index (χ0) is 11.7. The molecule has 5 heteroatoms.